The van der Waals surface area contributed by atoms with Gasteiger partial charge in [0.2, 0.25) is 6.19 Å². The van der Waals surface area contributed by atoms with Crippen molar-refractivity contribution >= 4 is 17.5 Å². The summed E-state index contributed by atoms with van der Waals surface area (Å²) in [6.45, 7) is 4.08. The Bertz CT molecular complexity index is 403. The Balaban J connectivity index is 2.15. The van der Waals surface area contributed by atoms with Crippen molar-refractivity contribution in [2.45, 2.75) is 38.9 Å². The van der Waals surface area contributed by atoms with Gasteiger partial charge >= 0.3 is 0 Å². The molecule has 0 amide bonds. The molecule has 0 saturated carbocycles. The largest absolute Gasteiger partial charge is 0.348 e. The molecule has 0 aromatic carbocycles. The number of hydrogen-bond donors (Lipinski definition) is 1. The Morgan fingerprint density at radius 1 is 1.65 bits per heavy atom. The number of imidazole rings is 1. The van der Waals surface area contributed by atoms with E-state index < -0.39 is 0 Å². The van der Waals surface area contributed by atoms with E-state index in [-0.39, 0.29) is 0 Å². The molecular formula is C12H18N4S. The van der Waals surface area contributed by atoms with Crippen LogP contribution in [-0.2, 0) is 5.75 Å². The Morgan fingerprint density at radius 2 is 2.47 bits per heavy atom. The number of nitriles is 1. The van der Waals surface area contributed by atoms with E-state index in [4.69, 9.17) is 5.26 Å². The Kier molecular flexibility index (Phi) is 6.41. The molecule has 5 heteroatoms. The summed E-state index contributed by atoms with van der Waals surface area (Å²) in [6, 6.07) is 0. The number of nitrogens with zero attached hydrogens (tertiary/aromatic N) is 3. The number of aromatic amines is 1. The summed E-state index contributed by atoms with van der Waals surface area (Å²) in [4.78, 5) is 11.1. The maximum Gasteiger partial charge on any atom is 0.205 e. The molecule has 0 aliphatic heterocycles. The summed E-state index contributed by atoms with van der Waals surface area (Å²) >= 11 is 1.88. The predicted octanol–water partition coefficient (Wildman–Crippen LogP) is 3.06. The van der Waals surface area contributed by atoms with E-state index >= 15 is 0 Å². The van der Waals surface area contributed by atoms with Crippen molar-refractivity contribution in [2.75, 3.05) is 5.75 Å². The maximum absolute atomic E-state index is 8.47. The molecule has 92 valence electrons. The average molecular weight is 250 g/mol. The molecule has 0 aliphatic carbocycles. The molecule has 1 rings (SSSR count). The first kappa shape index (κ1) is 13.8. The van der Waals surface area contributed by atoms with Gasteiger partial charge in [-0.25, -0.2) is 4.98 Å². The third-order valence-electron chi connectivity index (χ3n) is 2.54. The van der Waals surface area contributed by atoms with Crippen LogP contribution >= 0.6 is 11.8 Å². The number of H-pyrrole nitrogens is 1. The van der Waals surface area contributed by atoms with Crippen LogP contribution in [0.3, 0.4) is 0 Å². The van der Waals surface area contributed by atoms with Gasteiger partial charge in [0.25, 0.3) is 0 Å². The molecule has 0 radical (unpaired) electrons. The van der Waals surface area contributed by atoms with Crippen molar-refractivity contribution in [1.82, 2.24) is 9.97 Å². The van der Waals surface area contributed by atoms with Gasteiger partial charge in [-0.05, 0) is 31.9 Å². The summed E-state index contributed by atoms with van der Waals surface area (Å²) in [6.07, 6.45) is 6.46. The minimum atomic E-state index is 0.872. The zero-order valence-corrected chi connectivity index (χ0v) is 11.2. The van der Waals surface area contributed by atoms with E-state index in [9.17, 15) is 0 Å². The van der Waals surface area contributed by atoms with E-state index in [1.54, 1.807) is 6.33 Å². The number of rotatable bonds is 7. The van der Waals surface area contributed by atoms with Crippen molar-refractivity contribution in [3.8, 4) is 6.19 Å². The van der Waals surface area contributed by atoms with Crippen molar-refractivity contribution < 1.29 is 0 Å². The zero-order chi connectivity index (χ0) is 12.5. The summed E-state index contributed by atoms with van der Waals surface area (Å²) in [7, 11) is 0. The van der Waals surface area contributed by atoms with Gasteiger partial charge in [0.1, 0.15) is 0 Å². The average Bonchev–Trinajstić information content (AvgIpc) is 2.73. The van der Waals surface area contributed by atoms with Gasteiger partial charge in [-0.2, -0.15) is 22.0 Å². The lowest BCUT2D eigenvalue weighted by molar-refractivity contribution is 0.976. The molecule has 1 aromatic heterocycles. The van der Waals surface area contributed by atoms with Gasteiger partial charge in [0.05, 0.1) is 12.0 Å². The Labute approximate surface area is 107 Å². The second-order valence-electron chi connectivity index (χ2n) is 3.76. The van der Waals surface area contributed by atoms with E-state index in [1.807, 2.05) is 31.8 Å². The minimum Gasteiger partial charge on any atom is -0.348 e. The maximum atomic E-state index is 8.47. The first-order valence-corrected chi connectivity index (χ1v) is 6.94. The van der Waals surface area contributed by atoms with E-state index in [0.29, 0.717) is 0 Å². The third kappa shape index (κ3) is 5.05. The fourth-order valence-corrected chi connectivity index (χ4v) is 2.44. The molecule has 0 saturated heterocycles. The second-order valence-corrected chi connectivity index (χ2v) is 4.87. The molecule has 0 spiro atoms. The third-order valence-corrected chi connectivity index (χ3v) is 3.60. The molecule has 0 fully saturated rings. The molecule has 0 bridgehead atoms. The van der Waals surface area contributed by atoms with Crippen LogP contribution in [0.2, 0.25) is 0 Å². The van der Waals surface area contributed by atoms with Gasteiger partial charge < -0.3 is 4.98 Å². The highest BCUT2D eigenvalue weighted by Gasteiger charge is 2.01. The van der Waals surface area contributed by atoms with E-state index in [0.717, 1.165) is 47.9 Å². The van der Waals surface area contributed by atoms with Gasteiger partial charge in [-0.3, -0.25) is 0 Å². The number of hydrogen-bond acceptors (Lipinski definition) is 4. The predicted molar refractivity (Wildman–Crippen MR) is 72.1 cm³/mol. The second kappa shape index (κ2) is 7.91. The van der Waals surface area contributed by atoms with Crippen molar-refractivity contribution in [2.24, 2.45) is 4.99 Å². The monoisotopic (exact) mass is 250 g/mol. The highest BCUT2D eigenvalue weighted by atomic mass is 32.2. The van der Waals surface area contributed by atoms with Gasteiger partial charge in [0, 0.05) is 17.2 Å². The van der Waals surface area contributed by atoms with Gasteiger partial charge in [-0.1, -0.05) is 6.92 Å². The van der Waals surface area contributed by atoms with Crippen molar-refractivity contribution in [1.29, 1.82) is 5.26 Å². The Hall–Kier alpha value is -1.28. The topological polar surface area (TPSA) is 64.8 Å². The van der Waals surface area contributed by atoms with Crippen molar-refractivity contribution in [3.63, 3.8) is 0 Å². The fraction of sp³-hybridized carbons (Fsp3) is 0.583. The molecule has 1 N–H and O–H groups in total. The minimum absolute atomic E-state index is 0.872. The van der Waals surface area contributed by atoms with Crippen LogP contribution in [0.15, 0.2) is 11.3 Å². The smallest absolute Gasteiger partial charge is 0.205 e. The van der Waals surface area contributed by atoms with Crippen LogP contribution in [0.25, 0.3) is 0 Å². The molecule has 17 heavy (non-hydrogen) atoms. The molecule has 1 aromatic rings. The highest BCUT2D eigenvalue weighted by Crippen LogP contribution is 2.14. The summed E-state index contributed by atoms with van der Waals surface area (Å²) in [5.74, 6) is 2.03. The standard InChI is InChI=1S/C12H18N4S/c1-3-11(14-8-13)5-4-6-17-7-12-10(2)15-9-16-12/h9H,3-7H2,1-2H3,(H,15,16). The van der Waals surface area contributed by atoms with Crippen LogP contribution in [0.1, 0.15) is 37.6 Å². The van der Waals surface area contributed by atoms with Crippen LogP contribution in [0.4, 0.5) is 0 Å². The van der Waals surface area contributed by atoms with E-state index in [2.05, 4.69) is 15.0 Å². The number of nitrogens with one attached hydrogen (secondary N) is 1. The normalized spacial score (nSPS) is 11.5. The summed E-state index contributed by atoms with van der Waals surface area (Å²) in [5, 5.41) is 8.47. The van der Waals surface area contributed by atoms with E-state index in [1.165, 1.54) is 0 Å². The lowest BCUT2D eigenvalue weighted by atomic mass is 10.2. The van der Waals surface area contributed by atoms with Crippen LogP contribution < -0.4 is 0 Å². The first-order chi connectivity index (χ1) is 8.27. The molecule has 0 aliphatic rings. The number of thioether (sulfide) groups is 1. The number of aliphatic imine (C=N–C) groups is 1. The van der Waals surface area contributed by atoms with Gasteiger partial charge in [0.15, 0.2) is 0 Å². The summed E-state index contributed by atoms with van der Waals surface area (Å²) < 4.78 is 0. The van der Waals surface area contributed by atoms with Crippen molar-refractivity contribution in [3.05, 3.63) is 17.7 Å². The Morgan fingerprint density at radius 3 is 3.06 bits per heavy atom. The zero-order valence-electron chi connectivity index (χ0n) is 10.4. The lowest BCUT2D eigenvalue weighted by Crippen LogP contribution is -1.97. The molecule has 4 nitrogen and oxygen atoms in total. The first-order valence-electron chi connectivity index (χ1n) is 5.79. The van der Waals surface area contributed by atoms with Crippen LogP contribution in [0, 0.1) is 18.4 Å². The van der Waals surface area contributed by atoms with Crippen LogP contribution in [0.5, 0.6) is 0 Å². The lowest BCUT2D eigenvalue weighted by Gasteiger charge is -2.02. The summed E-state index contributed by atoms with van der Waals surface area (Å²) in [5.41, 5.74) is 3.29. The number of aromatic nitrogens is 2. The fourth-order valence-electron chi connectivity index (χ4n) is 1.46. The van der Waals surface area contributed by atoms with Crippen LogP contribution in [-0.4, -0.2) is 21.4 Å². The molecule has 0 unspecified atom stereocenters. The number of aryl methyl sites for hydroxylation is 1. The molecule has 0 atom stereocenters. The SMILES string of the molecule is CCC(CCCSCc1nc[nH]c1C)=NC#N. The molecular weight excluding hydrogens is 232 g/mol. The quantitative estimate of drug-likeness (QED) is 0.459. The van der Waals surface area contributed by atoms with Gasteiger partial charge in [-0.15, -0.1) is 0 Å². The molecule has 1 heterocycles. The highest BCUT2D eigenvalue weighted by molar-refractivity contribution is 7.98.